The summed E-state index contributed by atoms with van der Waals surface area (Å²) in [6, 6.07) is 6.99. The molecule has 0 fully saturated rings. The highest BCUT2D eigenvalue weighted by molar-refractivity contribution is 5.79. The molecule has 0 saturated carbocycles. The van der Waals surface area contributed by atoms with E-state index in [9.17, 15) is 4.39 Å². The molecule has 0 amide bonds. The fraction of sp³-hybridized carbons (Fsp3) is 0.389. The van der Waals surface area contributed by atoms with Crippen molar-refractivity contribution >= 4 is 5.96 Å². The van der Waals surface area contributed by atoms with Gasteiger partial charge in [-0.1, -0.05) is 0 Å². The average Bonchev–Trinajstić information content (AvgIpc) is 3.13. The molecule has 134 valence electrons. The summed E-state index contributed by atoms with van der Waals surface area (Å²) in [5.74, 6) is 1.20. The van der Waals surface area contributed by atoms with Crippen LogP contribution in [0.5, 0.6) is 5.75 Å². The molecule has 0 spiro atoms. The number of rotatable bonds is 6. The van der Waals surface area contributed by atoms with E-state index in [1.807, 2.05) is 24.5 Å². The monoisotopic (exact) mass is 346 g/mol. The minimum atomic E-state index is -0.267. The van der Waals surface area contributed by atoms with Crippen molar-refractivity contribution < 1.29 is 13.9 Å². The summed E-state index contributed by atoms with van der Waals surface area (Å²) in [6.07, 6.45) is 4.68. The molecule has 0 unspecified atom stereocenters. The molecule has 0 bridgehead atoms. The lowest BCUT2D eigenvalue weighted by Gasteiger charge is -2.21. The van der Waals surface area contributed by atoms with Gasteiger partial charge in [-0.05, 0) is 36.2 Å². The Labute approximate surface area is 146 Å². The molecular weight excluding hydrogens is 323 g/mol. The lowest BCUT2D eigenvalue weighted by Crippen LogP contribution is -2.39. The van der Waals surface area contributed by atoms with Crippen LogP contribution in [0.1, 0.15) is 11.1 Å². The highest BCUT2D eigenvalue weighted by atomic mass is 19.1. The second-order valence-electron chi connectivity index (χ2n) is 5.76. The number of halogens is 1. The Morgan fingerprint density at radius 2 is 2.04 bits per heavy atom. The van der Waals surface area contributed by atoms with Crippen LogP contribution in [0, 0.1) is 5.82 Å². The van der Waals surface area contributed by atoms with Crippen LogP contribution in [0.4, 0.5) is 4.39 Å². The zero-order chi connectivity index (χ0) is 17.5. The first kappa shape index (κ1) is 17.3. The molecule has 1 aliphatic heterocycles. The Bertz CT molecular complexity index is 716. The Morgan fingerprint density at radius 3 is 2.84 bits per heavy atom. The predicted octanol–water partition coefficient (Wildman–Crippen LogP) is 1.90. The van der Waals surface area contributed by atoms with E-state index >= 15 is 0 Å². The van der Waals surface area contributed by atoms with E-state index in [2.05, 4.69) is 20.2 Å². The van der Waals surface area contributed by atoms with Gasteiger partial charge in [0, 0.05) is 44.6 Å². The van der Waals surface area contributed by atoms with Crippen LogP contribution in [0.2, 0.25) is 0 Å². The highest BCUT2D eigenvalue weighted by Crippen LogP contribution is 2.29. The number of hydrogen-bond donors (Lipinski definition) is 2. The average molecular weight is 346 g/mol. The minimum Gasteiger partial charge on any atom is -0.467 e. The van der Waals surface area contributed by atoms with E-state index in [-0.39, 0.29) is 12.6 Å². The summed E-state index contributed by atoms with van der Waals surface area (Å²) in [5.41, 5.74) is 1.60. The number of aliphatic imine (C=N–C) groups is 1. The molecule has 2 aromatic rings. The molecule has 2 N–H and O–H groups in total. The van der Waals surface area contributed by atoms with Crippen molar-refractivity contribution in [2.45, 2.75) is 19.6 Å². The number of benzene rings is 1. The summed E-state index contributed by atoms with van der Waals surface area (Å²) >= 11 is 0. The van der Waals surface area contributed by atoms with Gasteiger partial charge in [0.1, 0.15) is 11.6 Å². The second kappa shape index (κ2) is 8.53. The first-order valence-electron chi connectivity index (χ1n) is 8.33. The molecule has 7 heteroatoms. The van der Waals surface area contributed by atoms with Gasteiger partial charge >= 0.3 is 0 Å². The van der Waals surface area contributed by atoms with Crippen molar-refractivity contribution in [2.75, 3.05) is 26.9 Å². The molecular formula is C18H23FN4O2. The molecule has 2 heterocycles. The van der Waals surface area contributed by atoms with Crippen molar-refractivity contribution in [3.8, 4) is 5.75 Å². The second-order valence-corrected chi connectivity index (χ2v) is 5.76. The van der Waals surface area contributed by atoms with Crippen molar-refractivity contribution in [1.29, 1.82) is 0 Å². The number of hydrogen-bond acceptors (Lipinski definition) is 3. The van der Waals surface area contributed by atoms with Crippen LogP contribution in [0.25, 0.3) is 0 Å². The zero-order valence-electron chi connectivity index (χ0n) is 14.3. The van der Waals surface area contributed by atoms with Crippen molar-refractivity contribution in [1.82, 2.24) is 15.2 Å². The topological polar surface area (TPSA) is 59.8 Å². The van der Waals surface area contributed by atoms with Crippen molar-refractivity contribution in [3.63, 3.8) is 0 Å². The highest BCUT2D eigenvalue weighted by Gasteiger charge is 2.16. The van der Waals surface area contributed by atoms with Gasteiger partial charge in [-0.2, -0.15) is 0 Å². The first-order chi connectivity index (χ1) is 12.3. The third-order valence-corrected chi connectivity index (χ3v) is 3.99. The molecule has 0 saturated heterocycles. The fourth-order valence-corrected chi connectivity index (χ4v) is 2.80. The van der Waals surface area contributed by atoms with Crippen LogP contribution < -0.4 is 15.4 Å². The normalized spacial score (nSPS) is 13.9. The van der Waals surface area contributed by atoms with Gasteiger partial charge in [0.15, 0.2) is 12.8 Å². The van der Waals surface area contributed by atoms with Crippen LogP contribution in [0.3, 0.4) is 0 Å². The SMILES string of the molecule is CN=C(NCCc1cc(F)cc2c1OCOC2)NCCn1cccc1. The number of nitrogens with zero attached hydrogens (tertiary/aromatic N) is 2. The maximum atomic E-state index is 13.7. The van der Waals surface area contributed by atoms with Gasteiger partial charge in [-0.3, -0.25) is 4.99 Å². The smallest absolute Gasteiger partial charge is 0.191 e. The van der Waals surface area contributed by atoms with E-state index < -0.39 is 0 Å². The quantitative estimate of drug-likeness (QED) is 0.620. The number of aromatic nitrogens is 1. The number of guanidine groups is 1. The third-order valence-electron chi connectivity index (χ3n) is 3.99. The third kappa shape index (κ3) is 4.73. The van der Waals surface area contributed by atoms with E-state index in [4.69, 9.17) is 9.47 Å². The van der Waals surface area contributed by atoms with Crippen LogP contribution >= 0.6 is 0 Å². The number of nitrogens with one attached hydrogen (secondary N) is 2. The predicted molar refractivity (Wildman–Crippen MR) is 94.2 cm³/mol. The Morgan fingerprint density at radius 1 is 1.24 bits per heavy atom. The number of fused-ring (bicyclic) bond motifs is 1. The lowest BCUT2D eigenvalue weighted by atomic mass is 10.1. The van der Waals surface area contributed by atoms with E-state index in [0.29, 0.717) is 19.6 Å². The van der Waals surface area contributed by atoms with Gasteiger partial charge in [0.25, 0.3) is 0 Å². The maximum absolute atomic E-state index is 13.7. The van der Waals surface area contributed by atoms with E-state index in [0.717, 1.165) is 35.9 Å². The molecule has 1 aliphatic rings. The summed E-state index contributed by atoms with van der Waals surface area (Å²) in [4.78, 5) is 4.20. The molecule has 1 aromatic carbocycles. The van der Waals surface area contributed by atoms with Gasteiger partial charge in [-0.15, -0.1) is 0 Å². The molecule has 6 nitrogen and oxygen atoms in total. The summed E-state index contributed by atoms with van der Waals surface area (Å²) in [6.45, 7) is 2.85. The standard InChI is InChI=1S/C18H23FN4O2/c1-20-18(22-6-9-23-7-2-3-8-23)21-5-4-14-10-16(19)11-15-12-24-13-25-17(14)15/h2-3,7-8,10-11H,4-6,9,12-13H2,1H3,(H2,20,21,22). The van der Waals surface area contributed by atoms with Crippen molar-refractivity contribution in [3.05, 3.63) is 53.6 Å². The van der Waals surface area contributed by atoms with Crippen LogP contribution in [0.15, 0.2) is 41.7 Å². The Balaban J connectivity index is 1.49. The summed E-state index contributed by atoms with van der Waals surface area (Å²) in [7, 11) is 1.73. The fourth-order valence-electron chi connectivity index (χ4n) is 2.80. The Hall–Kier alpha value is -2.54. The molecule has 0 radical (unpaired) electrons. The lowest BCUT2D eigenvalue weighted by molar-refractivity contribution is -0.0172. The van der Waals surface area contributed by atoms with Crippen LogP contribution in [-0.2, 0) is 24.3 Å². The van der Waals surface area contributed by atoms with Gasteiger partial charge in [-0.25, -0.2) is 4.39 Å². The minimum absolute atomic E-state index is 0.210. The molecule has 1 aromatic heterocycles. The molecule has 0 atom stereocenters. The van der Waals surface area contributed by atoms with Gasteiger partial charge in [0.2, 0.25) is 0 Å². The first-order valence-corrected chi connectivity index (χ1v) is 8.33. The zero-order valence-corrected chi connectivity index (χ0v) is 14.3. The molecule has 3 rings (SSSR count). The number of ether oxygens (including phenoxy) is 2. The maximum Gasteiger partial charge on any atom is 0.191 e. The molecule has 0 aliphatic carbocycles. The van der Waals surface area contributed by atoms with E-state index in [1.54, 1.807) is 7.05 Å². The Kier molecular flexibility index (Phi) is 5.90. The van der Waals surface area contributed by atoms with Gasteiger partial charge < -0.3 is 24.7 Å². The largest absolute Gasteiger partial charge is 0.467 e. The summed E-state index contributed by atoms with van der Waals surface area (Å²) in [5, 5.41) is 6.51. The van der Waals surface area contributed by atoms with E-state index in [1.165, 1.54) is 12.1 Å². The van der Waals surface area contributed by atoms with Crippen LogP contribution in [-0.4, -0.2) is 37.5 Å². The van der Waals surface area contributed by atoms with Crippen molar-refractivity contribution in [2.24, 2.45) is 4.99 Å². The van der Waals surface area contributed by atoms with Gasteiger partial charge in [0.05, 0.1) is 6.61 Å². The molecule has 25 heavy (non-hydrogen) atoms. The summed E-state index contributed by atoms with van der Waals surface area (Å²) < 4.78 is 26.6.